The van der Waals surface area contributed by atoms with E-state index >= 15 is 0 Å². The maximum Gasteiger partial charge on any atom is 0.342 e. The third-order valence-corrected chi connectivity index (χ3v) is 2.02. The lowest BCUT2D eigenvalue weighted by Gasteiger charge is -1.91. The van der Waals surface area contributed by atoms with Crippen LogP contribution >= 0.6 is 0 Å². The quantitative estimate of drug-likeness (QED) is 0.504. The molecule has 0 amide bonds. The van der Waals surface area contributed by atoms with Gasteiger partial charge in [0.1, 0.15) is 23.3 Å². The topological polar surface area (TPSA) is 93.0 Å². The molecule has 0 saturated heterocycles. The zero-order valence-corrected chi connectivity index (χ0v) is 9.80. The summed E-state index contributed by atoms with van der Waals surface area (Å²) in [6, 6.07) is 2.73. The number of carboxylic acids is 1. The number of halogens is 2. The highest BCUT2D eigenvalue weighted by Crippen LogP contribution is 2.16. The van der Waals surface area contributed by atoms with Crippen molar-refractivity contribution in [1.29, 1.82) is 0 Å². The molecule has 8 heteroatoms. The van der Waals surface area contributed by atoms with Gasteiger partial charge in [0, 0.05) is 6.07 Å². The monoisotopic (exact) mass is 283 g/mol. The van der Waals surface area contributed by atoms with E-state index in [4.69, 9.17) is 5.11 Å². The molecule has 0 atom stereocenters. The number of carbonyl (C=O) groups excluding carboxylic acids is 2. The molecule has 0 saturated carbocycles. The van der Waals surface area contributed by atoms with Crippen LogP contribution in [0.15, 0.2) is 35.0 Å². The van der Waals surface area contributed by atoms with Gasteiger partial charge in [0.2, 0.25) is 11.9 Å². The molecule has 0 radical (unpaired) electrons. The fourth-order valence-corrected chi connectivity index (χ4v) is 1.13. The molecule has 1 aliphatic rings. The summed E-state index contributed by atoms with van der Waals surface area (Å²) in [6.45, 7) is -0.137. The number of isocyanates is 1. The second-order valence-corrected chi connectivity index (χ2v) is 3.37. The Hall–Kier alpha value is -2.86. The van der Waals surface area contributed by atoms with Gasteiger partial charge in [0.15, 0.2) is 12.4 Å². The Balaban J connectivity index is 0.000000204. The van der Waals surface area contributed by atoms with Crippen LogP contribution in [0.25, 0.3) is 0 Å². The van der Waals surface area contributed by atoms with Crippen molar-refractivity contribution < 1.29 is 33.0 Å². The molecule has 0 aliphatic carbocycles. The van der Waals surface area contributed by atoms with Gasteiger partial charge in [0.05, 0.1) is 0 Å². The minimum Gasteiger partial charge on any atom is -0.492 e. The van der Waals surface area contributed by atoms with Crippen LogP contribution in [0.4, 0.5) is 14.5 Å². The number of carbonyl (C=O) groups is 2. The maximum atomic E-state index is 12.5. The maximum absolute atomic E-state index is 12.5. The van der Waals surface area contributed by atoms with Crippen LogP contribution in [0.3, 0.4) is 0 Å². The highest BCUT2D eigenvalue weighted by molar-refractivity contribution is 6.17. The number of hydrogen-bond acceptors (Lipinski definition) is 5. The van der Waals surface area contributed by atoms with Gasteiger partial charge >= 0.3 is 5.97 Å². The number of aliphatic carboxylic acids is 1. The first-order chi connectivity index (χ1) is 9.45. The fraction of sp³-hybridized carbons (Fsp3) is 0.0833. The number of nitrogens with zero attached hydrogens (tertiary/aromatic N) is 1. The summed E-state index contributed by atoms with van der Waals surface area (Å²) >= 11 is 0. The van der Waals surface area contributed by atoms with Gasteiger partial charge in [-0.15, -0.1) is 0 Å². The largest absolute Gasteiger partial charge is 0.492 e. The molecule has 1 heterocycles. The van der Waals surface area contributed by atoms with Crippen molar-refractivity contribution in [2.45, 2.75) is 0 Å². The molecule has 20 heavy (non-hydrogen) atoms. The van der Waals surface area contributed by atoms with E-state index in [-0.39, 0.29) is 17.9 Å². The van der Waals surface area contributed by atoms with Crippen LogP contribution in [-0.4, -0.2) is 29.5 Å². The van der Waals surface area contributed by atoms with E-state index in [1.807, 2.05) is 0 Å². The average Bonchev–Trinajstić information content (AvgIpc) is 2.80. The van der Waals surface area contributed by atoms with Crippen LogP contribution in [-0.2, 0) is 19.1 Å². The molecular formula is C12H7F2NO5. The lowest BCUT2D eigenvalue weighted by Crippen LogP contribution is -2.09. The standard InChI is InChI=1S/C7H3F2NO.C5H4O4/c8-5-1-2-7(10-4-11)6(9)3-5;6-4-2-9-1-3(4)5(7)8/h1-3H;1H,2H2,(H,7,8). The zero-order chi connectivity index (χ0) is 15.1. The second kappa shape index (κ2) is 6.91. The summed E-state index contributed by atoms with van der Waals surface area (Å²) in [7, 11) is 0. The van der Waals surface area contributed by atoms with E-state index in [0.29, 0.717) is 6.07 Å². The third kappa shape index (κ3) is 4.11. The Bertz CT molecular complexity index is 620. The van der Waals surface area contributed by atoms with Gasteiger partial charge in [-0.1, -0.05) is 0 Å². The lowest BCUT2D eigenvalue weighted by molar-refractivity contribution is -0.134. The van der Waals surface area contributed by atoms with Crippen LogP contribution in [0, 0.1) is 11.6 Å². The number of ether oxygens (including phenoxy) is 1. The molecule has 104 valence electrons. The molecule has 0 fully saturated rings. The molecule has 1 aliphatic heterocycles. The Labute approximate surface area is 111 Å². The SMILES string of the molecule is O=C(O)C1=COCC1=O.O=C=Nc1ccc(F)cc1F. The van der Waals surface area contributed by atoms with Gasteiger partial charge in [-0.05, 0) is 12.1 Å². The smallest absolute Gasteiger partial charge is 0.342 e. The van der Waals surface area contributed by atoms with E-state index in [1.165, 1.54) is 0 Å². The van der Waals surface area contributed by atoms with Crippen molar-refractivity contribution in [3.63, 3.8) is 0 Å². The highest BCUT2D eigenvalue weighted by atomic mass is 19.1. The van der Waals surface area contributed by atoms with E-state index in [2.05, 4.69) is 9.73 Å². The predicted octanol–water partition coefficient (Wildman–Crippen LogP) is 1.49. The molecule has 0 bridgehead atoms. The van der Waals surface area contributed by atoms with Gasteiger partial charge in [-0.25, -0.2) is 18.4 Å². The van der Waals surface area contributed by atoms with Crippen LogP contribution < -0.4 is 0 Å². The van der Waals surface area contributed by atoms with Crippen LogP contribution in [0.1, 0.15) is 0 Å². The van der Waals surface area contributed by atoms with E-state index < -0.39 is 23.4 Å². The Morgan fingerprint density at radius 1 is 1.40 bits per heavy atom. The first kappa shape index (κ1) is 15.2. The van der Waals surface area contributed by atoms with Crippen molar-refractivity contribution in [2.75, 3.05) is 6.61 Å². The predicted molar refractivity (Wildman–Crippen MR) is 60.8 cm³/mol. The van der Waals surface area contributed by atoms with Crippen molar-refractivity contribution in [1.82, 2.24) is 0 Å². The summed E-state index contributed by atoms with van der Waals surface area (Å²) in [5.74, 6) is -3.26. The highest BCUT2D eigenvalue weighted by Gasteiger charge is 2.22. The second-order valence-electron chi connectivity index (χ2n) is 3.37. The van der Waals surface area contributed by atoms with Crippen molar-refractivity contribution in [2.24, 2.45) is 4.99 Å². The number of ketones is 1. The molecule has 0 aromatic heterocycles. The van der Waals surface area contributed by atoms with Crippen molar-refractivity contribution in [3.8, 4) is 0 Å². The Kier molecular flexibility index (Phi) is 5.25. The number of carboxylic acid groups (broad SMARTS) is 1. The summed E-state index contributed by atoms with van der Waals surface area (Å²) in [4.78, 5) is 33.1. The van der Waals surface area contributed by atoms with Gasteiger partial charge in [-0.3, -0.25) is 4.79 Å². The molecule has 1 N–H and O–H groups in total. The van der Waals surface area contributed by atoms with E-state index in [1.54, 1.807) is 0 Å². The minimum absolute atomic E-state index is 0.137. The van der Waals surface area contributed by atoms with Crippen LogP contribution in [0.5, 0.6) is 0 Å². The van der Waals surface area contributed by atoms with E-state index in [0.717, 1.165) is 24.5 Å². The zero-order valence-electron chi connectivity index (χ0n) is 9.80. The van der Waals surface area contributed by atoms with Crippen LogP contribution in [0.2, 0.25) is 0 Å². The summed E-state index contributed by atoms with van der Waals surface area (Å²) < 4.78 is 29.2. The molecule has 2 rings (SSSR count). The third-order valence-electron chi connectivity index (χ3n) is 2.02. The summed E-state index contributed by atoms with van der Waals surface area (Å²) in [6.07, 6.45) is 2.12. The molecule has 6 nitrogen and oxygen atoms in total. The molecule has 1 aromatic carbocycles. The normalized spacial score (nSPS) is 12.5. The molecule has 1 aromatic rings. The van der Waals surface area contributed by atoms with Gasteiger partial charge < -0.3 is 9.84 Å². The Morgan fingerprint density at radius 2 is 2.10 bits per heavy atom. The van der Waals surface area contributed by atoms with Crippen molar-refractivity contribution >= 4 is 23.5 Å². The van der Waals surface area contributed by atoms with Gasteiger partial charge in [-0.2, -0.15) is 4.99 Å². The van der Waals surface area contributed by atoms with Gasteiger partial charge in [0.25, 0.3) is 0 Å². The van der Waals surface area contributed by atoms with Crippen molar-refractivity contribution in [3.05, 3.63) is 41.7 Å². The first-order valence-electron chi connectivity index (χ1n) is 5.07. The number of aliphatic imine (C=N–C) groups is 1. The molecule has 0 unspecified atom stereocenters. The number of benzene rings is 1. The number of Topliss-reactive ketones (excluding diaryl/α,β-unsaturated/α-hetero) is 1. The lowest BCUT2D eigenvalue weighted by atomic mass is 10.2. The summed E-state index contributed by atoms with van der Waals surface area (Å²) in [5, 5.41) is 8.21. The number of hydrogen-bond donors (Lipinski definition) is 1. The number of rotatable bonds is 2. The minimum atomic E-state index is -1.22. The van der Waals surface area contributed by atoms with E-state index in [9.17, 15) is 23.2 Å². The average molecular weight is 283 g/mol. The first-order valence-corrected chi connectivity index (χ1v) is 5.07. The fourth-order valence-electron chi connectivity index (χ4n) is 1.13. The Morgan fingerprint density at radius 3 is 2.50 bits per heavy atom. The summed E-state index contributed by atoms with van der Waals surface area (Å²) in [5.41, 5.74) is -0.476. The molecular weight excluding hydrogens is 276 g/mol. The molecule has 0 spiro atoms.